The van der Waals surface area contributed by atoms with Crippen LogP contribution in [0.15, 0.2) is 18.5 Å². The monoisotopic (exact) mass is 320 g/mol. The molecule has 9 nitrogen and oxygen atoms in total. The average molecular weight is 320 g/mol. The normalized spacial score (nSPS) is 14.5. The van der Waals surface area contributed by atoms with Gasteiger partial charge in [-0.2, -0.15) is 0 Å². The maximum atomic E-state index is 12.3. The Labute approximate surface area is 134 Å². The third-order valence-corrected chi connectivity index (χ3v) is 3.56. The van der Waals surface area contributed by atoms with Crippen LogP contribution in [-0.2, 0) is 14.4 Å². The SMILES string of the molecule is CC(=O)N(CCN)C(=O)C(=O)N1CCN(c2ncccn2)CC1. The topological polar surface area (TPSA) is 113 Å². The third kappa shape index (κ3) is 4.01. The molecule has 1 aromatic heterocycles. The Morgan fingerprint density at radius 2 is 1.78 bits per heavy atom. The van der Waals surface area contributed by atoms with Gasteiger partial charge in [-0.3, -0.25) is 19.3 Å². The summed E-state index contributed by atoms with van der Waals surface area (Å²) in [4.78, 5) is 48.4. The molecule has 2 heterocycles. The van der Waals surface area contributed by atoms with Gasteiger partial charge >= 0.3 is 11.8 Å². The van der Waals surface area contributed by atoms with Gasteiger partial charge in [0.05, 0.1) is 0 Å². The van der Waals surface area contributed by atoms with Gasteiger partial charge in [0, 0.05) is 58.6 Å². The Bertz CT molecular complexity index is 571. The summed E-state index contributed by atoms with van der Waals surface area (Å²) in [7, 11) is 0. The van der Waals surface area contributed by atoms with Crippen molar-refractivity contribution in [2.45, 2.75) is 6.92 Å². The van der Waals surface area contributed by atoms with E-state index in [2.05, 4.69) is 9.97 Å². The lowest BCUT2D eigenvalue weighted by atomic mass is 10.3. The van der Waals surface area contributed by atoms with Crippen LogP contribution in [0.2, 0.25) is 0 Å². The number of carbonyl (C=O) groups is 3. The molecular formula is C14H20N6O3. The van der Waals surface area contributed by atoms with Crippen molar-refractivity contribution in [2.75, 3.05) is 44.2 Å². The Morgan fingerprint density at radius 1 is 1.17 bits per heavy atom. The molecule has 1 aromatic rings. The Hall–Kier alpha value is -2.55. The predicted octanol–water partition coefficient (Wildman–Crippen LogP) is -1.54. The number of nitrogens with two attached hydrogens (primary N) is 1. The molecule has 1 fully saturated rings. The molecule has 1 aliphatic heterocycles. The van der Waals surface area contributed by atoms with Crippen molar-refractivity contribution in [1.82, 2.24) is 19.8 Å². The fraction of sp³-hybridized carbons (Fsp3) is 0.500. The van der Waals surface area contributed by atoms with Crippen LogP contribution in [0.4, 0.5) is 5.95 Å². The zero-order chi connectivity index (χ0) is 16.8. The van der Waals surface area contributed by atoms with E-state index in [9.17, 15) is 14.4 Å². The minimum absolute atomic E-state index is 0.0394. The summed E-state index contributed by atoms with van der Waals surface area (Å²) in [5.74, 6) is -1.39. The Morgan fingerprint density at radius 3 is 2.30 bits per heavy atom. The summed E-state index contributed by atoms with van der Waals surface area (Å²) in [6.07, 6.45) is 3.31. The first-order valence-electron chi connectivity index (χ1n) is 7.38. The maximum absolute atomic E-state index is 12.3. The second kappa shape index (κ2) is 7.63. The van der Waals surface area contributed by atoms with Crippen molar-refractivity contribution in [3.63, 3.8) is 0 Å². The van der Waals surface area contributed by atoms with E-state index in [0.717, 1.165) is 4.90 Å². The zero-order valence-corrected chi connectivity index (χ0v) is 13.0. The number of nitrogens with zero attached hydrogens (tertiary/aromatic N) is 5. The van der Waals surface area contributed by atoms with Crippen molar-refractivity contribution in [3.8, 4) is 0 Å². The number of aromatic nitrogens is 2. The molecule has 23 heavy (non-hydrogen) atoms. The highest BCUT2D eigenvalue weighted by Crippen LogP contribution is 2.10. The highest BCUT2D eigenvalue weighted by Gasteiger charge is 2.31. The summed E-state index contributed by atoms with van der Waals surface area (Å²) in [5, 5.41) is 0. The third-order valence-electron chi connectivity index (χ3n) is 3.56. The molecule has 124 valence electrons. The van der Waals surface area contributed by atoms with Crippen LogP contribution in [0.25, 0.3) is 0 Å². The minimum atomic E-state index is -0.827. The van der Waals surface area contributed by atoms with Gasteiger partial charge in [0.1, 0.15) is 0 Å². The van der Waals surface area contributed by atoms with Crippen molar-refractivity contribution >= 4 is 23.7 Å². The van der Waals surface area contributed by atoms with E-state index in [1.165, 1.54) is 11.8 Å². The number of anilines is 1. The lowest BCUT2D eigenvalue weighted by Gasteiger charge is -2.34. The van der Waals surface area contributed by atoms with E-state index in [0.29, 0.717) is 32.1 Å². The summed E-state index contributed by atoms with van der Waals surface area (Å²) in [5.41, 5.74) is 5.37. The average Bonchev–Trinajstić information content (AvgIpc) is 2.59. The minimum Gasteiger partial charge on any atom is -0.337 e. The summed E-state index contributed by atoms with van der Waals surface area (Å²) < 4.78 is 0. The maximum Gasteiger partial charge on any atom is 0.318 e. The Balaban J connectivity index is 1.95. The largest absolute Gasteiger partial charge is 0.337 e. The molecule has 9 heteroatoms. The number of carbonyl (C=O) groups excluding carboxylic acids is 3. The first-order chi connectivity index (χ1) is 11.0. The molecule has 0 unspecified atom stereocenters. The zero-order valence-electron chi connectivity index (χ0n) is 13.0. The number of amides is 3. The molecule has 0 radical (unpaired) electrons. The number of rotatable bonds is 3. The van der Waals surface area contributed by atoms with Crippen LogP contribution in [0.1, 0.15) is 6.92 Å². The van der Waals surface area contributed by atoms with Crippen molar-refractivity contribution in [2.24, 2.45) is 5.73 Å². The van der Waals surface area contributed by atoms with Crippen LogP contribution >= 0.6 is 0 Å². The lowest BCUT2D eigenvalue weighted by molar-refractivity contribution is -0.156. The highest BCUT2D eigenvalue weighted by atomic mass is 16.2. The molecule has 0 saturated carbocycles. The van der Waals surface area contributed by atoms with Crippen molar-refractivity contribution in [3.05, 3.63) is 18.5 Å². The van der Waals surface area contributed by atoms with Gasteiger partial charge < -0.3 is 15.5 Å². The number of hydrogen-bond acceptors (Lipinski definition) is 7. The van der Waals surface area contributed by atoms with Gasteiger partial charge in [0.15, 0.2) is 0 Å². The fourth-order valence-corrected chi connectivity index (χ4v) is 2.35. The van der Waals surface area contributed by atoms with E-state index in [1.54, 1.807) is 18.5 Å². The molecule has 3 amide bonds. The van der Waals surface area contributed by atoms with Crippen LogP contribution < -0.4 is 10.6 Å². The van der Waals surface area contributed by atoms with Crippen molar-refractivity contribution < 1.29 is 14.4 Å². The van der Waals surface area contributed by atoms with Crippen LogP contribution in [-0.4, -0.2) is 76.8 Å². The van der Waals surface area contributed by atoms with E-state index in [1.807, 2.05) is 4.90 Å². The van der Waals surface area contributed by atoms with Gasteiger partial charge in [0.25, 0.3) is 0 Å². The van der Waals surface area contributed by atoms with E-state index >= 15 is 0 Å². The first-order valence-corrected chi connectivity index (χ1v) is 7.38. The Kier molecular flexibility index (Phi) is 5.58. The summed E-state index contributed by atoms with van der Waals surface area (Å²) in [6.45, 7) is 3.20. The van der Waals surface area contributed by atoms with Gasteiger partial charge in [-0.15, -0.1) is 0 Å². The smallest absolute Gasteiger partial charge is 0.318 e. The molecular weight excluding hydrogens is 300 g/mol. The van der Waals surface area contributed by atoms with Gasteiger partial charge in [-0.25, -0.2) is 9.97 Å². The van der Waals surface area contributed by atoms with E-state index in [4.69, 9.17) is 5.73 Å². The van der Waals surface area contributed by atoms with Gasteiger partial charge in [-0.05, 0) is 6.07 Å². The van der Waals surface area contributed by atoms with E-state index in [-0.39, 0.29) is 13.1 Å². The molecule has 1 aliphatic rings. The van der Waals surface area contributed by atoms with Crippen molar-refractivity contribution in [1.29, 1.82) is 0 Å². The summed E-state index contributed by atoms with van der Waals surface area (Å²) >= 11 is 0. The molecule has 0 aliphatic carbocycles. The second-order valence-electron chi connectivity index (χ2n) is 5.09. The number of piperazine rings is 1. The first kappa shape index (κ1) is 16.8. The van der Waals surface area contributed by atoms with Crippen LogP contribution in [0, 0.1) is 0 Å². The fourth-order valence-electron chi connectivity index (χ4n) is 2.35. The summed E-state index contributed by atoms with van der Waals surface area (Å²) in [6, 6.07) is 1.73. The number of hydrogen-bond donors (Lipinski definition) is 1. The van der Waals surface area contributed by atoms with Gasteiger partial charge in [-0.1, -0.05) is 0 Å². The number of imide groups is 1. The predicted molar refractivity (Wildman–Crippen MR) is 82.3 cm³/mol. The highest BCUT2D eigenvalue weighted by molar-refractivity contribution is 6.37. The quantitative estimate of drug-likeness (QED) is 0.671. The standard InChI is InChI=1S/C14H20N6O3/c1-11(21)20(6-3-15)13(23)12(22)18-7-9-19(10-8-18)14-16-4-2-5-17-14/h2,4-5H,3,6-10,15H2,1H3. The van der Waals surface area contributed by atoms with Gasteiger partial charge in [0.2, 0.25) is 11.9 Å². The molecule has 0 spiro atoms. The molecule has 1 saturated heterocycles. The molecule has 0 bridgehead atoms. The molecule has 2 rings (SSSR count). The molecule has 0 aromatic carbocycles. The van der Waals surface area contributed by atoms with Crippen LogP contribution in [0.3, 0.4) is 0 Å². The van der Waals surface area contributed by atoms with Crippen LogP contribution in [0.5, 0.6) is 0 Å². The van der Waals surface area contributed by atoms with E-state index < -0.39 is 17.7 Å². The lowest BCUT2D eigenvalue weighted by Crippen LogP contribution is -2.54. The molecule has 0 atom stereocenters. The molecule has 2 N–H and O–H groups in total. The second-order valence-corrected chi connectivity index (χ2v) is 5.09.